The second kappa shape index (κ2) is 8.04. The van der Waals surface area contributed by atoms with Gasteiger partial charge in [0.05, 0.1) is 6.04 Å². The molecule has 1 fully saturated rings. The van der Waals surface area contributed by atoms with Gasteiger partial charge in [0.1, 0.15) is 11.5 Å². The van der Waals surface area contributed by atoms with Crippen LogP contribution in [0.1, 0.15) is 21.4 Å². The molecule has 1 aliphatic rings. The maximum absolute atomic E-state index is 6.07. The van der Waals surface area contributed by atoms with Crippen molar-refractivity contribution in [1.29, 1.82) is 0 Å². The minimum absolute atomic E-state index is 0.287. The first kappa shape index (κ1) is 17.3. The average Bonchev–Trinajstić information content (AvgIpc) is 3.10. The van der Waals surface area contributed by atoms with Crippen LogP contribution >= 0.6 is 11.3 Å². The summed E-state index contributed by atoms with van der Waals surface area (Å²) in [7, 11) is 0. The van der Waals surface area contributed by atoms with Crippen molar-refractivity contribution >= 4 is 11.3 Å². The Morgan fingerprint density at radius 1 is 0.923 bits per heavy atom. The van der Waals surface area contributed by atoms with Crippen molar-refractivity contribution in [3.05, 3.63) is 82.0 Å². The van der Waals surface area contributed by atoms with E-state index in [1.54, 1.807) is 0 Å². The molecule has 1 unspecified atom stereocenters. The van der Waals surface area contributed by atoms with E-state index in [0.717, 1.165) is 37.7 Å². The van der Waals surface area contributed by atoms with E-state index in [0.29, 0.717) is 0 Å². The molecule has 4 heteroatoms. The van der Waals surface area contributed by atoms with Crippen molar-refractivity contribution in [1.82, 2.24) is 10.2 Å². The molecule has 2 aromatic carbocycles. The molecule has 134 valence electrons. The van der Waals surface area contributed by atoms with Crippen LogP contribution in [0.5, 0.6) is 11.5 Å². The minimum atomic E-state index is 0.287. The highest BCUT2D eigenvalue weighted by atomic mass is 32.1. The number of benzene rings is 2. The van der Waals surface area contributed by atoms with Gasteiger partial charge < -0.3 is 10.1 Å². The molecular weight excluding hydrogens is 340 g/mol. The van der Waals surface area contributed by atoms with Crippen molar-refractivity contribution in [3.63, 3.8) is 0 Å². The number of nitrogens with zero attached hydrogens (tertiary/aromatic N) is 1. The molecule has 26 heavy (non-hydrogen) atoms. The fourth-order valence-corrected chi connectivity index (χ4v) is 4.51. The number of thiophene rings is 1. The van der Waals surface area contributed by atoms with Crippen molar-refractivity contribution in [3.8, 4) is 11.5 Å². The summed E-state index contributed by atoms with van der Waals surface area (Å²) < 4.78 is 6.07. The van der Waals surface area contributed by atoms with Crippen LogP contribution in [0.25, 0.3) is 0 Å². The highest BCUT2D eigenvalue weighted by Gasteiger charge is 2.25. The van der Waals surface area contributed by atoms with Crippen LogP contribution in [0.2, 0.25) is 0 Å². The van der Waals surface area contributed by atoms with Gasteiger partial charge >= 0.3 is 0 Å². The Hall–Kier alpha value is -2.14. The molecule has 4 rings (SSSR count). The second-order valence-corrected chi connectivity index (χ2v) is 7.94. The Morgan fingerprint density at radius 2 is 1.69 bits per heavy atom. The molecule has 0 saturated carbocycles. The van der Waals surface area contributed by atoms with Crippen molar-refractivity contribution in [2.45, 2.75) is 13.0 Å². The number of hydrogen-bond acceptors (Lipinski definition) is 4. The Labute approximate surface area is 159 Å². The fourth-order valence-electron chi connectivity index (χ4n) is 3.47. The maximum Gasteiger partial charge on any atom is 0.127 e. The summed E-state index contributed by atoms with van der Waals surface area (Å²) in [5, 5.41) is 3.46. The molecule has 0 radical (unpaired) electrons. The third kappa shape index (κ3) is 3.98. The quantitative estimate of drug-likeness (QED) is 0.701. The normalized spacial score (nSPS) is 16.3. The van der Waals surface area contributed by atoms with Crippen molar-refractivity contribution in [2.24, 2.45) is 0 Å². The first-order valence-electron chi connectivity index (χ1n) is 9.13. The van der Waals surface area contributed by atoms with Crippen molar-refractivity contribution in [2.75, 3.05) is 26.2 Å². The monoisotopic (exact) mass is 364 g/mol. The molecule has 3 aromatic rings. The molecule has 3 nitrogen and oxygen atoms in total. The van der Waals surface area contributed by atoms with Gasteiger partial charge in [0.25, 0.3) is 0 Å². The lowest BCUT2D eigenvalue weighted by atomic mass is 10.0. The average molecular weight is 365 g/mol. The van der Waals surface area contributed by atoms with E-state index < -0.39 is 0 Å². The minimum Gasteiger partial charge on any atom is -0.457 e. The first-order chi connectivity index (χ1) is 12.8. The topological polar surface area (TPSA) is 24.5 Å². The predicted octanol–water partition coefficient (Wildman–Crippen LogP) is 4.84. The number of rotatable bonds is 5. The summed E-state index contributed by atoms with van der Waals surface area (Å²) in [5.41, 5.74) is 1.29. The first-order valence-corrected chi connectivity index (χ1v) is 9.95. The van der Waals surface area contributed by atoms with Gasteiger partial charge in [0, 0.05) is 35.9 Å². The zero-order valence-electron chi connectivity index (χ0n) is 15.0. The van der Waals surface area contributed by atoms with E-state index in [1.807, 2.05) is 47.7 Å². The third-order valence-electron chi connectivity index (χ3n) is 4.70. The highest BCUT2D eigenvalue weighted by Crippen LogP contribution is 2.35. The lowest BCUT2D eigenvalue weighted by Gasteiger charge is -2.35. The molecule has 1 aromatic heterocycles. The molecule has 1 N–H and O–H groups in total. The standard InChI is InChI=1S/C22H24N2OS/c1-17-10-11-21(26-17)22(24-14-12-23-13-15-24)18-6-5-9-20(16-18)25-19-7-3-2-4-8-19/h2-11,16,22-23H,12-15H2,1H3. The van der Waals surface area contributed by atoms with Gasteiger partial charge in [0.2, 0.25) is 0 Å². The summed E-state index contributed by atoms with van der Waals surface area (Å²) in [6, 6.07) is 23.3. The maximum atomic E-state index is 6.07. The fraction of sp³-hybridized carbons (Fsp3) is 0.273. The number of aryl methyl sites for hydroxylation is 1. The Balaban J connectivity index is 1.65. The Bertz CT molecular complexity index is 840. The second-order valence-electron chi connectivity index (χ2n) is 6.62. The van der Waals surface area contributed by atoms with Crippen LogP contribution in [0.4, 0.5) is 0 Å². The van der Waals surface area contributed by atoms with Crippen LogP contribution in [0.15, 0.2) is 66.7 Å². The number of hydrogen-bond donors (Lipinski definition) is 1. The zero-order valence-corrected chi connectivity index (χ0v) is 15.8. The van der Waals surface area contributed by atoms with E-state index in [-0.39, 0.29) is 6.04 Å². The largest absolute Gasteiger partial charge is 0.457 e. The molecular formula is C22H24N2OS. The van der Waals surface area contributed by atoms with Gasteiger partial charge in [-0.3, -0.25) is 4.90 Å². The zero-order chi connectivity index (χ0) is 17.8. The van der Waals surface area contributed by atoms with Crippen LogP contribution in [-0.2, 0) is 0 Å². The van der Waals surface area contributed by atoms with Gasteiger partial charge in [-0.2, -0.15) is 0 Å². The molecule has 0 spiro atoms. The van der Waals surface area contributed by atoms with Crippen LogP contribution in [0.3, 0.4) is 0 Å². The number of nitrogens with one attached hydrogen (secondary N) is 1. The van der Waals surface area contributed by atoms with Gasteiger partial charge in [-0.25, -0.2) is 0 Å². The number of piperazine rings is 1. The van der Waals surface area contributed by atoms with Crippen LogP contribution in [0, 0.1) is 6.92 Å². The summed E-state index contributed by atoms with van der Waals surface area (Å²) in [5.74, 6) is 1.76. The third-order valence-corrected chi connectivity index (χ3v) is 5.75. The summed E-state index contributed by atoms with van der Waals surface area (Å²) in [4.78, 5) is 5.33. The lowest BCUT2D eigenvalue weighted by Crippen LogP contribution is -2.45. The molecule has 0 aliphatic carbocycles. The van der Waals surface area contributed by atoms with Crippen LogP contribution < -0.4 is 10.1 Å². The van der Waals surface area contributed by atoms with E-state index in [1.165, 1.54) is 15.3 Å². The van der Waals surface area contributed by atoms with E-state index in [2.05, 4.69) is 47.5 Å². The van der Waals surface area contributed by atoms with E-state index in [4.69, 9.17) is 4.74 Å². The Morgan fingerprint density at radius 3 is 2.42 bits per heavy atom. The lowest BCUT2D eigenvalue weighted by molar-refractivity contribution is 0.200. The highest BCUT2D eigenvalue weighted by molar-refractivity contribution is 7.12. The Kier molecular flexibility index (Phi) is 5.34. The summed E-state index contributed by atoms with van der Waals surface area (Å²) in [6.07, 6.45) is 0. The molecule has 1 atom stereocenters. The molecule has 2 heterocycles. The van der Waals surface area contributed by atoms with Crippen LogP contribution in [-0.4, -0.2) is 31.1 Å². The van der Waals surface area contributed by atoms with E-state index >= 15 is 0 Å². The van der Waals surface area contributed by atoms with E-state index in [9.17, 15) is 0 Å². The smallest absolute Gasteiger partial charge is 0.127 e. The molecule has 0 bridgehead atoms. The summed E-state index contributed by atoms with van der Waals surface area (Å²) >= 11 is 1.89. The molecule has 1 aliphatic heterocycles. The van der Waals surface area contributed by atoms with Crippen molar-refractivity contribution < 1.29 is 4.74 Å². The molecule has 1 saturated heterocycles. The van der Waals surface area contributed by atoms with Gasteiger partial charge in [-0.15, -0.1) is 11.3 Å². The number of para-hydroxylation sites is 1. The summed E-state index contributed by atoms with van der Waals surface area (Å²) in [6.45, 7) is 6.39. The number of ether oxygens (including phenoxy) is 1. The van der Waals surface area contributed by atoms with Gasteiger partial charge in [-0.05, 0) is 48.9 Å². The molecule has 0 amide bonds. The SMILES string of the molecule is Cc1ccc(C(c2cccc(Oc3ccccc3)c2)N2CCNCC2)s1. The van der Waals surface area contributed by atoms with Gasteiger partial charge in [0.15, 0.2) is 0 Å². The van der Waals surface area contributed by atoms with Gasteiger partial charge in [-0.1, -0.05) is 30.3 Å². The predicted molar refractivity (Wildman–Crippen MR) is 108 cm³/mol.